The van der Waals surface area contributed by atoms with Crippen LogP contribution in [0.25, 0.3) is 0 Å². The number of furan rings is 2. The van der Waals surface area contributed by atoms with Crippen LogP contribution in [-0.4, -0.2) is 4.58 Å². The van der Waals surface area contributed by atoms with E-state index in [1.807, 2.05) is 47.8 Å². The minimum absolute atomic E-state index is 0.556. The second kappa shape index (κ2) is 7.00. The lowest BCUT2D eigenvalue weighted by Gasteiger charge is -2.18. The van der Waals surface area contributed by atoms with Crippen molar-refractivity contribution < 1.29 is 8.83 Å². The van der Waals surface area contributed by atoms with Crippen molar-refractivity contribution in [3.63, 3.8) is 0 Å². The molecule has 2 nitrogen and oxygen atoms in total. The summed E-state index contributed by atoms with van der Waals surface area (Å²) in [4.78, 5) is 0. The highest BCUT2D eigenvalue weighted by Crippen LogP contribution is 2.34. The number of thioether (sulfide) groups is 2. The average molecular weight is 282 g/mol. The monoisotopic (exact) mass is 282 g/mol. The maximum Gasteiger partial charge on any atom is 0.113 e. The molecule has 0 unspecified atom stereocenters. The largest absolute Gasteiger partial charge is 0.468 e. The predicted molar refractivity (Wildman–Crippen MR) is 78.6 cm³/mol. The van der Waals surface area contributed by atoms with Crippen molar-refractivity contribution in [1.29, 1.82) is 0 Å². The Kier molecular flexibility index (Phi) is 5.32. The van der Waals surface area contributed by atoms with Crippen LogP contribution in [0.4, 0.5) is 0 Å². The lowest BCUT2D eigenvalue weighted by molar-refractivity contribution is 0.529. The summed E-state index contributed by atoms with van der Waals surface area (Å²) in [6.45, 7) is 4.52. The van der Waals surface area contributed by atoms with Gasteiger partial charge in [0.15, 0.2) is 0 Å². The van der Waals surface area contributed by atoms with Crippen LogP contribution in [0.15, 0.2) is 45.6 Å². The highest BCUT2D eigenvalue weighted by molar-refractivity contribution is 8.16. The van der Waals surface area contributed by atoms with Gasteiger partial charge in [-0.05, 0) is 30.2 Å². The molecule has 0 aliphatic heterocycles. The third-order valence-corrected chi connectivity index (χ3v) is 5.95. The molecule has 2 heterocycles. The fourth-order valence-electron chi connectivity index (χ4n) is 1.55. The van der Waals surface area contributed by atoms with Crippen LogP contribution >= 0.6 is 23.5 Å². The Labute approximate surface area is 117 Å². The van der Waals surface area contributed by atoms with Gasteiger partial charge in [-0.25, -0.2) is 0 Å². The molecule has 0 radical (unpaired) electrons. The lowest BCUT2D eigenvalue weighted by Crippen LogP contribution is -2.07. The molecule has 0 bridgehead atoms. The fraction of sp³-hybridized carbons (Fsp3) is 0.429. The zero-order valence-corrected chi connectivity index (χ0v) is 12.3. The molecule has 0 spiro atoms. The summed E-state index contributed by atoms with van der Waals surface area (Å²) < 4.78 is 11.3. The SMILES string of the molecule is CC(C)C(SCc1ccco1)SCc1ccco1. The van der Waals surface area contributed by atoms with Gasteiger partial charge in [-0.15, -0.1) is 23.5 Å². The third-order valence-electron chi connectivity index (χ3n) is 2.48. The Bertz CT molecular complexity index is 382. The number of rotatable bonds is 7. The molecule has 0 aliphatic rings. The van der Waals surface area contributed by atoms with Gasteiger partial charge >= 0.3 is 0 Å². The maximum absolute atomic E-state index is 5.37. The smallest absolute Gasteiger partial charge is 0.113 e. The Balaban J connectivity index is 1.80. The summed E-state index contributed by atoms with van der Waals surface area (Å²) in [6.07, 6.45) is 3.46. The van der Waals surface area contributed by atoms with Gasteiger partial charge in [0.05, 0.1) is 28.6 Å². The van der Waals surface area contributed by atoms with Crippen LogP contribution in [0.5, 0.6) is 0 Å². The van der Waals surface area contributed by atoms with E-state index < -0.39 is 0 Å². The van der Waals surface area contributed by atoms with Gasteiger partial charge < -0.3 is 8.83 Å². The Morgan fingerprint density at radius 3 is 1.78 bits per heavy atom. The van der Waals surface area contributed by atoms with E-state index in [4.69, 9.17) is 8.83 Å². The van der Waals surface area contributed by atoms with Crippen LogP contribution in [0.1, 0.15) is 25.4 Å². The van der Waals surface area contributed by atoms with Crippen LogP contribution in [0.3, 0.4) is 0 Å². The molecule has 2 rings (SSSR count). The molecule has 0 fully saturated rings. The standard InChI is InChI=1S/C14H18O2S2/c1-11(2)14(17-9-12-5-3-7-15-12)18-10-13-6-4-8-16-13/h3-8,11,14H,9-10H2,1-2H3. The van der Waals surface area contributed by atoms with Gasteiger partial charge in [0.2, 0.25) is 0 Å². The van der Waals surface area contributed by atoms with E-state index >= 15 is 0 Å². The first-order chi connectivity index (χ1) is 8.75. The Morgan fingerprint density at radius 1 is 0.944 bits per heavy atom. The van der Waals surface area contributed by atoms with Crippen molar-refractivity contribution in [2.24, 2.45) is 5.92 Å². The van der Waals surface area contributed by atoms with Crippen molar-refractivity contribution in [3.05, 3.63) is 48.3 Å². The maximum atomic E-state index is 5.37. The molecule has 2 aromatic rings. The van der Waals surface area contributed by atoms with Crippen LogP contribution in [0.2, 0.25) is 0 Å². The molecule has 0 saturated heterocycles. The van der Waals surface area contributed by atoms with Crippen molar-refractivity contribution >= 4 is 23.5 Å². The van der Waals surface area contributed by atoms with Gasteiger partial charge in [0.25, 0.3) is 0 Å². The van der Waals surface area contributed by atoms with Crippen LogP contribution in [-0.2, 0) is 11.5 Å². The normalized spacial score (nSPS) is 11.6. The molecular weight excluding hydrogens is 264 g/mol. The zero-order valence-electron chi connectivity index (χ0n) is 10.7. The van der Waals surface area contributed by atoms with Gasteiger partial charge in [-0.2, -0.15) is 0 Å². The van der Waals surface area contributed by atoms with Crippen molar-refractivity contribution in [2.45, 2.75) is 29.9 Å². The van der Waals surface area contributed by atoms with Gasteiger partial charge in [-0.3, -0.25) is 0 Å². The topological polar surface area (TPSA) is 26.3 Å². The molecule has 0 atom stereocenters. The zero-order chi connectivity index (χ0) is 12.8. The lowest BCUT2D eigenvalue weighted by atomic mass is 10.3. The summed E-state index contributed by atoms with van der Waals surface area (Å²) >= 11 is 3.87. The van der Waals surface area contributed by atoms with Crippen molar-refractivity contribution in [2.75, 3.05) is 0 Å². The highest BCUT2D eigenvalue weighted by Gasteiger charge is 2.16. The third kappa shape index (κ3) is 4.18. The fourth-order valence-corrected chi connectivity index (χ4v) is 4.10. The van der Waals surface area contributed by atoms with Gasteiger partial charge in [0.1, 0.15) is 11.5 Å². The molecule has 0 aromatic carbocycles. The predicted octanol–water partition coefficient (Wildman–Crippen LogP) is 5.02. The van der Waals surface area contributed by atoms with E-state index in [1.54, 1.807) is 12.5 Å². The minimum Gasteiger partial charge on any atom is -0.468 e. The summed E-state index contributed by atoms with van der Waals surface area (Å²) in [6, 6.07) is 7.94. The first-order valence-corrected chi connectivity index (χ1v) is 8.13. The summed E-state index contributed by atoms with van der Waals surface area (Å²) in [5.41, 5.74) is 0. The number of hydrogen-bond acceptors (Lipinski definition) is 4. The summed E-state index contributed by atoms with van der Waals surface area (Å²) in [5.74, 6) is 4.58. The van der Waals surface area contributed by atoms with Crippen molar-refractivity contribution in [1.82, 2.24) is 0 Å². The second-order valence-corrected chi connectivity index (χ2v) is 6.95. The molecule has 18 heavy (non-hydrogen) atoms. The molecule has 0 N–H and O–H groups in total. The van der Waals surface area contributed by atoms with E-state index in [9.17, 15) is 0 Å². The first-order valence-electron chi connectivity index (χ1n) is 6.03. The minimum atomic E-state index is 0.556. The molecule has 0 aliphatic carbocycles. The van der Waals surface area contributed by atoms with E-state index in [0.29, 0.717) is 10.5 Å². The highest BCUT2D eigenvalue weighted by atomic mass is 32.2. The average Bonchev–Trinajstić information content (AvgIpc) is 3.00. The molecule has 4 heteroatoms. The molecule has 0 amide bonds. The van der Waals surface area contributed by atoms with E-state index in [0.717, 1.165) is 23.0 Å². The molecule has 2 aromatic heterocycles. The quantitative estimate of drug-likeness (QED) is 0.666. The molecular formula is C14H18O2S2. The number of hydrogen-bond donors (Lipinski definition) is 0. The van der Waals surface area contributed by atoms with Gasteiger partial charge in [-0.1, -0.05) is 13.8 Å². The summed E-state index contributed by atoms with van der Waals surface area (Å²) in [7, 11) is 0. The van der Waals surface area contributed by atoms with E-state index in [2.05, 4.69) is 13.8 Å². The second-order valence-electron chi connectivity index (χ2n) is 4.39. The molecule has 0 saturated carbocycles. The summed E-state index contributed by atoms with van der Waals surface area (Å²) in [5, 5.41) is 0. The van der Waals surface area contributed by atoms with E-state index in [1.165, 1.54) is 0 Å². The Morgan fingerprint density at radius 2 is 1.44 bits per heavy atom. The Hall–Kier alpha value is -0.740. The first kappa shape index (κ1) is 13.7. The van der Waals surface area contributed by atoms with Crippen LogP contribution < -0.4 is 0 Å². The van der Waals surface area contributed by atoms with E-state index in [-0.39, 0.29) is 0 Å². The van der Waals surface area contributed by atoms with Gasteiger partial charge in [0, 0.05) is 0 Å². The molecule has 98 valence electrons. The van der Waals surface area contributed by atoms with Crippen molar-refractivity contribution in [3.8, 4) is 0 Å². The van der Waals surface area contributed by atoms with Crippen LogP contribution in [0, 0.1) is 5.92 Å².